The molecule has 0 saturated carbocycles. The SMILES string of the molecule is CN(CC(=O)Nc1ccc(N2CCOCC2)cc1)S(=O)(=O)c1cccc(Cl)c1. The molecule has 0 radical (unpaired) electrons. The van der Waals surface area contributed by atoms with Gasteiger partial charge in [-0.25, -0.2) is 8.42 Å². The van der Waals surface area contributed by atoms with Gasteiger partial charge < -0.3 is 15.0 Å². The molecule has 3 rings (SSSR count). The van der Waals surface area contributed by atoms with E-state index in [0.717, 1.165) is 23.1 Å². The third-order valence-corrected chi connectivity index (χ3v) is 6.43. The molecule has 0 aliphatic carbocycles. The molecule has 1 aliphatic heterocycles. The van der Waals surface area contributed by atoms with Crippen LogP contribution in [0.5, 0.6) is 0 Å². The van der Waals surface area contributed by atoms with Gasteiger partial charge in [0.15, 0.2) is 0 Å². The molecular formula is C19H22ClN3O4S. The summed E-state index contributed by atoms with van der Waals surface area (Å²) < 4.78 is 31.5. The molecule has 2 aromatic carbocycles. The fourth-order valence-electron chi connectivity index (χ4n) is 2.87. The minimum absolute atomic E-state index is 0.0464. The lowest BCUT2D eigenvalue weighted by Gasteiger charge is -2.28. The Hall–Kier alpha value is -2.13. The molecule has 1 aliphatic rings. The van der Waals surface area contributed by atoms with Gasteiger partial charge in [-0.3, -0.25) is 4.79 Å². The Morgan fingerprint density at radius 3 is 2.50 bits per heavy atom. The molecule has 0 unspecified atom stereocenters. The molecule has 1 saturated heterocycles. The standard InChI is InChI=1S/C19H22ClN3O4S/c1-22(28(25,26)18-4-2-3-15(20)13-18)14-19(24)21-16-5-7-17(8-6-16)23-9-11-27-12-10-23/h2-8,13H,9-12,14H2,1H3,(H,21,24). The Morgan fingerprint density at radius 2 is 1.86 bits per heavy atom. The maximum absolute atomic E-state index is 12.6. The minimum atomic E-state index is -3.80. The molecule has 1 heterocycles. The molecule has 0 bridgehead atoms. The molecule has 0 spiro atoms. The first-order valence-corrected chi connectivity index (χ1v) is 10.6. The van der Waals surface area contributed by atoms with Gasteiger partial charge in [0.05, 0.1) is 24.7 Å². The van der Waals surface area contributed by atoms with Crippen LogP contribution in [0.15, 0.2) is 53.4 Å². The van der Waals surface area contributed by atoms with E-state index in [1.165, 1.54) is 19.2 Å². The van der Waals surface area contributed by atoms with Gasteiger partial charge in [-0.15, -0.1) is 0 Å². The fourth-order valence-corrected chi connectivity index (χ4v) is 4.30. The number of amides is 1. The summed E-state index contributed by atoms with van der Waals surface area (Å²) >= 11 is 5.86. The molecule has 2 aromatic rings. The Bertz CT molecular complexity index is 928. The number of carbonyl (C=O) groups excluding carboxylic acids is 1. The van der Waals surface area contributed by atoms with Crippen molar-refractivity contribution < 1.29 is 17.9 Å². The number of anilines is 2. The van der Waals surface area contributed by atoms with Gasteiger partial charge in [-0.05, 0) is 42.5 Å². The van der Waals surface area contributed by atoms with E-state index in [9.17, 15) is 13.2 Å². The number of hydrogen-bond acceptors (Lipinski definition) is 5. The molecule has 1 fully saturated rings. The van der Waals surface area contributed by atoms with Crippen LogP contribution in [-0.2, 0) is 19.6 Å². The third-order valence-electron chi connectivity index (χ3n) is 4.40. The summed E-state index contributed by atoms with van der Waals surface area (Å²) in [6, 6.07) is 13.4. The zero-order valence-electron chi connectivity index (χ0n) is 15.5. The van der Waals surface area contributed by atoms with Crippen molar-refractivity contribution in [3.8, 4) is 0 Å². The van der Waals surface area contributed by atoms with Crippen molar-refractivity contribution in [3.05, 3.63) is 53.6 Å². The maximum Gasteiger partial charge on any atom is 0.243 e. The highest BCUT2D eigenvalue weighted by Crippen LogP contribution is 2.20. The average molecular weight is 424 g/mol. The maximum atomic E-state index is 12.6. The van der Waals surface area contributed by atoms with Gasteiger partial charge in [0, 0.05) is 36.5 Å². The van der Waals surface area contributed by atoms with Crippen molar-refractivity contribution in [2.45, 2.75) is 4.90 Å². The van der Waals surface area contributed by atoms with Crippen LogP contribution in [-0.4, -0.2) is 58.5 Å². The topological polar surface area (TPSA) is 79.0 Å². The molecule has 7 nitrogen and oxygen atoms in total. The summed E-state index contributed by atoms with van der Waals surface area (Å²) in [6.07, 6.45) is 0. The molecule has 0 aromatic heterocycles. The van der Waals surface area contributed by atoms with E-state index < -0.39 is 15.9 Å². The number of ether oxygens (including phenoxy) is 1. The summed E-state index contributed by atoms with van der Waals surface area (Å²) in [7, 11) is -2.44. The molecule has 0 atom stereocenters. The normalized spacial score (nSPS) is 14.9. The summed E-state index contributed by atoms with van der Waals surface area (Å²) in [4.78, 5) is 14.5. The van der Waals surface area contributed by atoms with Crippen molar-refractivity contribution in [1.29, 1.82) is 0 Å². The van der Waals surface area contributed by atoms with Crippen molar-refractivity contribution in [2.75, 3.05) is 50.1 Å². The quantitative estimate of drug-likeness (QED) is 0.772. The van der Waals surface area contributed by atoms with Crippen LogP contribution in [0.1, 0.15) is 0 Å². The first kappa shape index (κ1) is 20.6. The van der Waals surface area contributed by atoms with E-state index in [2.05, 4.69) is 10.2 Å². The number of halogens is 1. The number of nitrogens with one attached hydrogen (secondary N) is 1. The Labute approximate surface area is 169 Å². The Kier molecular flexibility index (Phi) is 6.56. The van der Waals surface area contributed by atoms with Gasteiger partial charge >= 0.3 is 0 Å². The Morgan fingerprint density at radius 1 is 1.18 bits per heavy atom. The van der Waals surface area contributed by atoms with Gasteiger partial charge in [-0.1, -0.05) is 17.7 Å². The van der Waals surface area contributed by atoms with Gasteiger partial charge in [0.1, 0.15) is 0 Å². The summed E-state index contributed by atoms with van der Waals surface area (Å²) in [5.41, 5.74) is 1.66. The van der Waals surface area contributed by atoms with Gasteiger partial charge in [0.2, 0.25) is 15.9 Å². The number of morpholine rings is 1. The lowest BCUT2D eigenvalue weighted by Crippen LogP contribution is -2.36. The number of rotatable bonds is 6. The predicted octanol–water partition coefficient (Wildman–Crippen LogP) is 2.44. The number of carbonyl (C=O) groups is 1. The monoisotopic (exact) mass is 423 g/mol. The first-order chi connectivity index (χ1) is 13.4. The zero-order valence-corrected chi connectivity index (χ0v) is 17.0. The van der Waals surface area contributed by atoms with Gasteiger partial charge in [0.25, 0.3) is 0 Å². The molecule has 28 heavy (non-hydrogen) atoms. The van der Waals surface area contributed by atoms with Crippen LogP contribution in [0.25, 0.3) is 0 Å². The van der Waals surface area contributed by atoms with Gasteiger partial charge in [-0.2, -0.15) is 4.31 Å². The van der Waals surface area contributed by atoms with Crippen molar-refractivity contribution in [1.82, 2.24) is 4.31 Å². The van der Waals surface area contributed by atoms with Crippen LogP contribution in [0.4, 0.5) is 11.4 Å². The fraction of sp³-hybridized carbons (Fsp3) is 0.316. The second-order valence-corrected chi connectivity index (χ2v) is 8.89. The smallest absolute Gasteiger partial charge is 0.243 e. The summed E-state index contributed by atoms with van der Waals surface area (Å²) in [6.45, 7) is 2.76. The van der Waals surface area contributed by atoms with E-state index in [-0.39, 0.29) is 11.4 Å². The van der Waals surface area contributed by atoms with Crippen LogP contribution in [0.3, 0.4) is 0 Å². The highest BCUT2D eigenvalue weighted by Gasteiger charge is 2.23. The molecule has 9 heteroatoms. The van der Waals surface area contributed by atoms with Crippen LogP contribution < -0.4 is 10.2 Å². The zero-order chi connectivity index (χ0) is 20.1. The highest BCUT2D eigenvalue weighted by atomic mass is 35.5. The van der Waals surface area contributed by atoms with E-state index >= 15 is 0 Å². The van der Waals surface area contributed by atoms with E-state index in [1.807, 2.05) is 12.1 Å². The number of hydrogen-bond donors (Lipinski definition) is 1. The molecule has 150 valence electrons. The lowest BCUT2D eigenvalue weighted by molar-refractivity contribution is -0.116. The van der Waals surface area contributed by atoms with Crippen LogP contribution in [0, 0.1) is 0 Å². The van der Waals surface area contributed by atoms with Crippen molar-refractivity contribution in [3.63, 3.8) is 0 Å². The second-order valence-electron chi connectivity index (χ2n) is 6.41. The second kappa shape index (κ2) is 8.91. The minimum Gasteiger partial charge on any atom is -0.378 e. The van der Waals surface area contributed by atoms with Crippen LogP contribution in [0.2, 0.25) is 5.02 Å². The van der Waals surface area contributed by atoms with E-state index in [1.54, 1.807) is 24.3 Å². The van der Waals surface area contributed by atoms with Crippen LogP contribution >= 0.6 is 11.6 Å². The number of likely N-dealkylation sites (N-methyl/N-ethyl adjacent to an activating group) is 1. The van der Waals surface area contributed by atoms with Crippen molar-refractivity contribution >= 4 is 38.9 Å². The highest BCUT2D eigenvalue weighted by molar-refractivity contribution is 7.89. The predicted molar refractivity (Wildman–Crippen MR) is 109 cm³/mol. The molecule has 1 amide bonds. The Balaban J connectivity index is 1.60. The lowest BCUT2D eigenvalue weighted by atomic mass is 10.2. The molecule has 1 N–H and O–H groups in total. The van der Waals surface area contributed by atoms with Crippen molar-refractivity contribution in [2.24, 2.45) is 0 Å². The van der Waals surface area contributed by atoms with E-state index in [0.29, 0.717) is 23.9 Å². The third kappa shape index (κ3) is 5.02. The average Bonchev–Trinajstić information content (AvgIpc) is 2.69. The molecular weight excluding hydrogens is 402 g/mol. The summed E-state index contributed by atoms with van der Waals surface area (Å²) in [5.74, 6) is -0.424. The summed E-state index contributed by atoms with van der Waals surface area (Å²) in [5, 5.41) is 3.04. The number of benzene rings is 2. The number of sulfonamides is 1. The number of nitrogens with zero attached hydrogens (tertiary/aromatic N) is 2. The van der Waals surface area contributed by atoms with E-state index in [4.69, 9.17) is 16.3 Å². The first-order valence-electron chi connectivity index (χ1n) is 8.81. The largest absolute Gasteiger partial charge is 0.378 e.